The molecule has 0 saturated carbocycles. The van der Waals surface area contributed by atoms with E-state index in [1.54, 1.807) is 0 Å². The second-order valence-electron chi connectivity index (χ2n) is 6.60. The number of likely N-dealkylation sites (N-methyl/N-ethyl adjacent to an activating group) is 1. The fraction of sp³-hybridized carbons (Fsp3) is 0.0952. The highest BCUT2D eigenvalue weighted by molar-refractivity contribution is 7.89. The van der Waals surface area contributed by atoms with Crippen LogP contribution in [0, 0.1) is 11.3 Å². The molecule has 0 atom stereocenters. The summed E-state index contributed by atoms with van der Waals surface area (Å²) in [5.41, 5.74) is 1.16. The molecule has 0 aliphatic heterocycles. The van der Waals surface area contributed by atoms with E-state index in [-0.39, 0.29) is 11.4 Å². The highest BCUT2D eigenvalue weighted by Gasteiger charge is 2.23. The van der Waals surface area contributed by atoms with Crippen LogP contribution < -0.4 is 5.32 Å². The van der Waals surface area contributed by atoms with Gasteiger partial charge in [0.25, 0.3) is 0 Å². The average molecular weight is 437 g/mol. The number of rotatable bonds is 5. The number of fused-ring (bicyclic) bond motifs is 3. The second-order valence-corrected chi connectivity index (χ2v) is 9.67. The van der Waals surface area contributed by atoms with Crippen molar-refractivity contribution in [1.82, 2.24) is 9.29 Å². The molecule has 3 aromatic carbocycles. The van der Waals surface area contributed by atoms with Crippen molar-refractivity contribution in [2.75, 3.05) is 18.9 Å². The number of carbonyl (C=O) groups is 1. The molecule has 1 heterocycles. The first kappa shape index (κ1) is 20.0. The normalized spacial score (nSPS) is 11.6. The van der Waals surface area contributed by atoms with Crippen LogP contribution in [0.15, 0.2) is 65.6 Å². The Bertz CT molecular complexity index is 1400. The van der Waals surface area contributed by atoms with Gasteiger partial charge in [-0.05, 0) is 35.7 Å². The van der Waals surface area contributed by atoms with E-state index < -0.39 is 15.9 Å². The van der Waals surface area contributed by atoms with Gasteiger partial charge in [-0.3, -0.25) is 4.79 Å². The van der Waals surface area contributed by atoms with Crippen molar-refractivity contribution in [3.63, 3.8) is 0 Å². The Labute approximate surface area is 177 Å². The number of anilines is 1. The third-order valence-corrected chi connectivity index (χ3v) is 7.34. The summed E-state index contributed by atoms with van der Waals surface area (Å²) < 4.78 is 27.2. The monoisotopic (exact) mass is 436 g/mol. The van der Waals surface area contributed by atoms with Crippen molar-refractivity contribution < 1.29 is 13.2 Å². The maximum absolute atomic E-state index is 12.7. The predicted molar refractivity (Wildman–Crippen MR) is 117 cm³/mol. The highest BCUT2D eigenvalue weighted by Crippen LogP contribution is 2.31. The Morgan fingerprint density at radius 2 is 1.87 bits per heavy atom. The molecule has 1 aromatic heterocycles. The van der Waals surface area contributed by atoms with Crippen molar-refractivity contribution in [1.29, 1.82) is 5.26 Å². The molecule has 4 rings (SSSR count). The first-order valence-corrected chi connectivity index (χ1v) is 11.2. The summed E-state index contributed by atoms with van der Waals surface area (Å²) in [6.07, 6.45) is 0. The molecule has 0 unspecified atom stereocenters. The van der Waals surface area contributed by atoms with E-state index >= 15 is 0 Å². The van der Waals surface area contributed by atoms with Crippen molar-refractivity contribution in [3.8, 4) is 6.07 Å². The molecule has 0 aliphatic carbocycles. The fourth-order valence-corrected chi connectivity index (χ4v) is 5.07. The molecule has 0 bridgehead atoms. The number of nitriles is 1. The number of benzene rings is 3. The quantitative estimate of drug-likeness (QED) is 0.515. The Hall–Kier alpha value is -3.32. The first-order valence-electron chi connectivity index (χ1n) is 8.93. The number of sulfonamides is 1. The average Bonchev–Trinajstić information content (AvgIpc) is 3.16. The minimum atomic E-state index is -3.86. The van der Waals surface area contributed by atoms with Crippen LogP contribution in [-0.4, -0.2) is 37.2 Å². The number of thiazole rings is 1. The van der Waals surface area contributed by atoms with Crippen molar-refractivity contribution in [3.05, 3.63) is 66.2 Å². The molecule has 0 spiro atoms. The largest absolute Gasteiger partial charge is 0.301 e. The van der Waals surface area contributed by atoms with Gasteiger partial charge in [0, 0.05) is 12.4 Å². The molecule has 1 N–H and O–H groups in total. The maximum Gasteiger partial charge on any atom is 0.243 e. The molecule has 9 heteroatoms. The van der Waals surface area contributed by atoms with E-state index in [4.69, 9.17) is 5.26 Å². The molecule has 0 aliphatic rings. The summed E-state index contributed by atoms with van der Waals surface area (Å²) in [7, 11) is -2.53. The number of nitrogens with zero attached hydrogens (tertiary/aromatic N) is 3. The zero-order chi connectivity index (χ0) is 21.3. The standard InChI is InChI=1S/C21H16N4O3S2/c1-25(30(27,28)16-9-6-14(12-22)7-10-16)13-19(26)23-21-24-20-17-5-3-2-4-15(17)8-11-18(20)29-21/h2-11H,13H2,1H3,(H,23,24,26). The minimum absolute atomic E-state index is 0.0169. The van der Waals surface area contributed by atoms with Gasteiger partial charge in [-0.2, -0.15) is 9.57 Å². The second kappa shape index (κ2) is 7.84. The highest BCUT2D eigenvalue weighted by atomic mass is 32.2. The van der Waals surface area contributed by atoms with Crippen LogP contribution in [0.3, 0.4) is 0 Å². The maximum atomic E-state index is 12.7. The lowest BCUT2D eigenvalue weighted by Crippen LogP contribution is -2.34. The van der Waals surface area contributed by atoms with Crippen LogP contribution in [0.5, 0.6) is 0 Å². The molecule has 30 heavy (non-hydrogen) atoms. The SMILES string of the molecule is CN(CC(=O)Nc1nc2c(ccc3ccccc32)s1)S(=O)(=O)c1ccc(C#N)cc1. The topological polar surface area (TPSA) is 103 Å². The third kappa shape index (κ3) is 3.76. The summed E-state index contributed by atoms with van der Waals surface area (Å²) in [5.74, 6) is -0.488. The van der Waals surface area contributed by atoms with Crippen LogP contribution in [0.2, 0.25) is 0 Å². The lowest BCUT2D eigenvalue weighted by atomic mass is 10.1. The summed E-state index contributed by atoms with van der Waals surface area (Å²) in [5, 5.41) is 14.0. The molecule has 4 aromatic rings. The number of hydrogen-bond acceptors (Lipinski definition) is 6. The number of hydrogen-bond donors (Lipinski definition) is 1. The van der Waals surface area contributed by atoms with E-state index in [9.17, 15) is 13.2 Å². The molecule has 0 saturated heterocycles. The number of carbonyl (C=O) groups excluding carboxylic acids is 1. The van der Waals surface area contributed by atoms with Crippen LogP contribution in [-0.2, 0) is 14.8 Å². The van der Waals surface area contributed by atoms with Gasteiger partial charge in [0.2, 0.25) is 15.9 Å². The van der Waals surface area contributed by atoms with Gasteiger partial charge in [-0.25, -0.2) is 13.4 Å². The molecule has 0 radical (unpaired) electrons. The Kier molecular flexibility index (Phi) is 5.22. The summed E-state index contributed by atoms with van der Waals surface area (Å²) in [6, 6.07) is 19.3. The first-order chi connectivity index (χ1) is 14.4. The van der Waals surface area contributed by atoms with Crippen LogP contribution in [0.4, 0.5) is 5.13 Å². The van der Waals surface area contributed by atoms with Gasteiger partial charge in [0.05, 0.1) is 33.3 Å². The molecular formula is C21H16N4O3S2. The zero-order valence-electron chi connectivity index (χ0n) is 15.9. The number of nitrogens with one attached hydrogen (secondary N) is 1. The molecule has 7 nitrogen and oxygen atoms in total. The molecule has 1 amide bonds. The Morgan fingerprint density at radius 3 is 2.60 bits per heavy atom. The third-order valence-electron chi connectivity index (χ3n) is 4.59. The van der Waals surface area contributed by atoms with Crippen LogP contribution >= 0.6 is 11.3 Å². The van der Waals surface area contributed by atoms with E-state index in [2.05, 4.69) is 10.3 Å². The van der Waals surface area contributed by atoms with E-state index in [0.29, 0.717) is 10.7 Å². The summed E-state index contributed by atoms with van der Waals surface area (Å²) >= 11 is 1.33. The predicted octanol–water partition coefficient (Wildman–Crippen LogP) is 3.58. The molecule has 150 valence electrons. The summed E-state index contributed by atoms with van der Waals surface area (Å²) in [6.45, 7) is -0.362. The smallest absolute Gasteiger partial charge is 0.243 e. The summed E-state index contributed by atoms with van der Waals surface area (Å²) in [4.78, 5) is 17.0. The number of amides is 1. The lowest BCUT2D eigenvalue weighted by molar-refractivity contribution is -0.116. The van der Waals surface area contributed by atoms with E-state index in [1.165, 1.54) is 42.6 Å². The van der Waals surface area contributed by atoms with Gasteiger partial charge >= 0.3 is 0 Å². The van der Waals surface area contributed by atoms with Gasteiger partial charge in [0.1, 0.15) is 0 Å². The van der Waals surface area contributed by atoms with Crippen molar-refractivity contribution in [2.45, 2.75) is 4.90 Å². The van der Waals surface area contributed by atoms with Gasteiger partial charge in [0.15, 0.2) is 5.13 Å². The van der Waals surface area contributed by atoms with Crippen molar-refractivity contribution >= 4 is 53.4 Å². The Balaban J connectivity index is 1.51. The molecule has 0 fully saturated rings. The van der Waals surface area contributed by atoms with Gasteiger partial charge in [-0.15, -0.1) is 0 Å². The fourth-order valence-electron chi connectivity index (χ4n) is 3.04. The number of aromatic nitrogens is 1. The van der Waals surface area contributed by atoms with E-state index in [0.717, 1.165) is 25.3 Å². The van der Waals surface area contributed by atoms with Crippen LogP contribution in [0.1, 0.15) is 5.56 Å². The Morgan fingerprint density at radius 1 is 1.13 bits per heavy atom. The van der Waals surface area contributed by atoms with Gasteiger partial charge < -0.3 is 5.32 Å². The lowest BCUT2D eigenvalue weighted by Gasteiger charge is -2.16. The zero-order valence-corrected chi connectivity index (χ0v) is 17.5. The van der Waals surface area contributed by atoms with Crippen LogP contribution in [0.25, 0.3) is 21.0 Å². The van der Waals surface area contributed by atoms with E-state index in [1.807, 2.05) is 42.5 Å². The van der Waals surface area contributed by atoms with Crippen molar-refractivity contribution in [2.24, 2.45) is 0 Å². The molecular weight excluding hydrogens is 420 g/mol. The van der Waals surface area contributed by atoms with Gasteiger partial charge in [-0.1, -0.05) is 41.7 Å². The minimum Gasteiger partial charge on any atom is -0.301 e.